The Balaban J connectivity index is 1.77. The largest absolute Gasteiger partial charge is 0.274 e. The van der Waals surface area contributed by atoms with Gasteiger partial charge in [0.1, 0.15) is 5.82 Å². The number of anilines is 1. The van der Waals surface area contributed by atoms with Crippen molar-refractivity contribution in [2.24, 2.45) is 23.7 Å². The zero-order valence-electron chi connectivity index (χ0n) is 10.6. The highest BCUT2D eigenvalue weighted by molar-refractivity contribution is 6.22. The summed E-state index contributed by atoms with van der Waals surface area (Å²) in [7, 11) is 0. The zero-order valence-corrected chi connectivity index (χ0v) is 10.6. The summed E-state index contributed by atoms with van der Waals surface area (Å²) in [5.41, 5.74) is 0.816. The number of aromatic nitrogens is 1. The monoisotopic (exact) mass is 254 g/mol. The fourth-order valence-electron chi connectivity index (χ4n) is 3.78. The van der Waals surface area contributed by atoms with Crippen molar-refractivity contribution in [2.45, 2.75) is 13.3 Å². The van der Waals surface area contributed by atoms with Gasteiger partial charge in [-0.05, 0) is 37.3 Å². The maximum absolute atomic E-state index is 12.5. The van der Waals surface area contributed by atoms with Gasteiger partial charge in [-0.15, -0.1) is 0 Å². The fraction of sp³-hybridized carbons (Fsp3) is 0.400. The van der Waals surface area contributed by atoms with Crippen LogP contribution in [-0.2, 0) is 9.59 Å². The molecule has 0 spiro atoms. The van der Waals surface area contributed by atoms with E-state index < -0.39 is 0 Å². The smallest absolute Gasteiger partial charge is 0.239 e. The molecule has 4 heteroatoms. The van der Waals surface area contributed by atoms with Crippen LogP contribution in [0.2, 0.25) is 0 Å². The molecule has 0 radical (unpaired) electrons. The van der Waals surface area contributed by atoms with Gasteiger partial charge >= 0.3 is 0 Å². The number of nitrogens with zero attached hydrogens (tertiary/aromatic N) is 2. The first-order chi connectivity index (χ1) is 9.16. The van der Waals surface area contributed by atoms with E-state index in [9.17, 15) is 9.59 Å². The summed E-state index contributed by atoms with van der Waals surface area (Å²) in [5.74, 6) is 0.552. The van der Waals surface area contributed by atoms with Crippen molar-refractivity contribution in [3.8, 4) is 0 Å². The highest BCUT2D eigenvalue weighted by Gasteiger charge is 2.59. The third-order valence-corrected chi connectivity index (χ3v) is 4.57. The van der Waals surface area contributed by atoms with Gasteiger partial charge in [-0.1, -0.05) is 18.2 Å². The normalized spacial score (nSPS) is 35.3. The van der Waals surface area contributed by atoms with Crippen LogP contribution in [0.1, 0.15) is 12.1 Å². The van der Waals surface area contributed by atoms with Gasteiger partial charge in [0.15, 0.2) is 0 Å². The standard InChI is InChI=1S/C15H14N2O2/c1-8-3-2-4-11(16-8)17-14(18)12-9-5-6-10(7-9)13(12)15(17)19/h2-6,9-10,12-13H,7H2,1H3/t9-,10+,12+,13-. The summed E-state index contributed by atoms with van der Waals surface area (Å²) < 4.78 is 0. The first-order valence-corrected chi connectivity index (χ1v) is 6.66. The van der Waals surface area contributed by atoms with E-state index >= 15 is 0 Å². The number of fused-ring (bicyclic) bond motifs is 5. The molecule has 2 bridgehead atoms. The van der Waals surface area contributed by atoms with Crippen molar-refractivity contribution in [2.75, 3.05) is 4.90 Å². The maximum Gasteiger partial charge on any atom is 0.239 e. The number of rotatable bonds is 1. The van der Waals surface area contributed by atoms with Crippen LogP contribution < -0.4 is 4.90 Å². The summed E-state index contributed by atoms with van der Waals surface area (Å²) in [4.78, 5) is 30.7. The molecule has 19 heavy (non-hydrogen) atoms. The molecule has 4 nitrogen and oxygen atoms in total. The average Bonchev–Trinajstić information content (AvgIpc) is 3.04. The topological polar surface area (TPSA) is 50.3 Å². The van der Waals surface area contributed by atoms with Crippen molar-refractivity contribution >= 4 is 17.6 Å². The summed E-state index contributed by atoms with van der Waals surface area (Å²) in [6, 6.07) is 5.43. The number of imide groups is 1. The molecule has 2 aliphatic carbocycles. The summed E-state index contributed by atoms with van der Waals surface area (Å²) in [5, 5.41) is 0. The molecule has 2 amide bonds. The number of hydrogen-bond donors (Lipinski definition) is 0. The molecule has 1 saturated carbocycles. The van der Waals surface area contributed by atoms with E-state index in [0.29, 0.717) is 5.82 Å². The second kappa shape index (κ2) is 3.53. The molecule has 4 atom stereocenters. The Morgan fingerprint density at radius 3 is 2.32 bits per heavy atom. The van der Waals surface area contributed by atoms with Gasteiger partial charge in [-0.25, -0.2) is 9.88 Å². The molecule has 2 fully saturated rings. The Morgan fingerprint density at radius 2 is 1.74 bits per heavy atom. The van der Waals surface area contributed by atoms with Crippen molar-refractivity contribution in [1.29, 1.82) is 0 Å². The number of allylic oxidation sites excluding steroid dienone is 2. The predicted octanol–water partition coefficient (Wildman–Crippen LogP) is 1.70. The second-order valence-corrected chi connectivity index (χ2v) is 5.65. The quantitative estimate of drug-likeness (QED) is 0.566. The molecule has 1 aromatic rings. The minimum atomic E-state index is -0.148. The summed E-state index contributed by atoms with van der Waals surface area (Å²) in [6.45, 7) is 1.86. The van der Waals surface area contributed by atoms with Crippen LogP contribution in [0, 0.1) is 30.6 Å². The van der Waals surface area contributed by atoms with E-state index in [-0.39, 0.29) is 35.5 Å². The molecule has 0 aromatic carbocycles. The summed E-state index contributed by atoms with van der Waals surface area (Å²) >= 11 is 0. The third kappa shape index (κ3) is 1.31. The van der Waals surface area contributed by atoms with E-state index in [4.69, 9.17) is 0 Å². The number of aryl methyl sites for hydroxylation is 1. The lowest BCUT2D eigenvalue weighted by atomic mass is 9.85. The first kappa shape index (κ1) is 10.9. The van der Waals surface area contributed by atoms with Crippen LogP contribution in [0.5, 0.6) is 0 Å². The van der Waals surface area contributed by atoms with Gasteiger partial charge in [-0.3, -0.25) is 9.59 Å². The van der Waals surface area contributed by atoms with Gasteiger partial charge < -0.3 is 0 Å². The highest BCUT2D eigenvalue weighted by Crippen LogP contribution is 2.52. The van der Waals surface area contributed by atoms with Crippen molar-refractivity contribution in [3.63, 3.8) is 0 Å². The summed E-state index contributed by atoms with van der Waals surface area (Å²) in [6.07, 6.45) is 5.16. The number of amides is 2. The minimum absolute atomic E-state index is 0.0649. The molecular weight excluding hydrogens is 240 g/mol. The molecule has 1 aliphatic heterocycles. The lowest BCUT2D eigenvalue weighted by Gasteiger charge is -2.16. The lowest BCUT2D eigenvalue weighted by Crippen LogP contribution is -2.33. The second-order valence-electron chi connectivity index (χ2n) is 5.65. The van der Waals surface area contributed by atoms with Crippen LogP contribution in [0.3, 0.4) is 0 Å². The molecule has 96 valence electrons. The van der Waals surface area contributed by atoms with Crippen LogP contribution in [0.15, 0.2) is 30.4 Å². The molecule has 1 aromatic heterocycles. The Labute approximate surface area is 111 Å². The molecule has 1 saturated heterocycles. The Morgan fingerprint density at radius 1 is 1.11 bits per heavy atom. The van der Waals surface area contributed by atoms with E-state index in [1.165, 1.54) is 4.90 Å². The zero-order chi connectivity index (χ0) is 13.1. The molecule has 3 aliphatic rings. The van der Waals surface area contributed by atoms with Gasteiger partial charge in [0.25, 0.3) is 0 Å². The van der Waals surface area contributed by atoms with Crippen molar-refractivity contribution in [3.05, 3.63) is 36.0 Å². The maximum atomic E-state index is 12.5. The van der Waals surface area contributed by atoms with Gasteiger partial charge in [-0.2, -0.15) is 0 Å². The number of carbonyl (C=O) groups is 2. The van der Waals surface area contributed by atoms with Gasteiger partial charge in [0.2, 0.25) is 11.8 Å². The van der Waals surface area contributed by atoms with E-state index in [1.807, 2.05) is 19.1 Å². The number of hydrogen-bond acceptors (Lipinski definition) is 3. The minimum Gasteiger partial charge on any atom is -0.274 e. The van der Waals surface area contributed by atoms with Crippen LogP contribution in [-0.4, -0.2) is 16.8 Å². The SMILES string of the molecule is Cc1cccc(N2C(=O)[C@@H]3[C@H](C2=O)[C@H]2C=C[C@@H]3C2)n1. The van der Waals surface area contributed by atoms with Gasteiger partial charge in [0.05, 0.1) is 11.8 Å². The van der Waals surface area contributed by atoms with Crippen LogP contribution >= 0.6 is 0 Å². The van der Waals surface area contributed by atoms with Gasteiger partial charge in [0, 0.05) is 5.69 Å². The number of carbonyl (C=O) groups excluding carboxylic acids is 2. The predicted molar refractivity (Wildman–Crippen MR) is 69.2 cm³/mol. The fourth-order valence-corrected chi connectivity index (χ4v) is 3.78. The molecule has 0 N–H and O–H groups in total. The number of pyridine rings is 1. The Hall–Kier alpha value is -1.97. The molecule has 0 unspecified atom stereocenters. The van der Waals surface area contributed by atoms with E-state index in [1.54, 1.807) is 6.07 Å². The first-order valence-electron chi connectivity index (χ1n) is 6.66. The lowest BCUT2D eigenvalue weighted by molar-refractivity contribution is -0.123. The Kier molecular flexibility index (Phi) is 2.03. The highest BCUT2D eigenvalue weighted by atomic mass is 16.2. The molecule has 2 heterocycles. The van der Waals surface area contributed by atoms with Crippen molar-refractivity contribution in [1.82, 2.24) is 4.98 Å². The van der Waals surface area contributed by atoms with Crippen molar-refractivity contribution < 1.29 is 9.59 Å². The average molecular weight is 254 g/mol. The van der Waals surface area contributed by atoms with E-state index in [2.05, 4.69) is 17.1 Å². The van der Waals surface area contributed by atoms with E-state index in [0.717, 1.165) is 12.1 Å². The van der Waals surface area contributed by atoms with Crippen LogP contribution in [0.25, 0.3) is 0 Å². The molecular formula is C15H14N2O2. The molecule has 4 rings (SSSR count). The van der Waals surface area contributed by atoms with Crippen LogP contribution in [0.4, 0.5) is 5.82 Å². The Bertz CT molecular complexity index is 592. The third-order valence-electron chi connectivity index (χ3n) is 4.57.